The van der Waals surface area contributed by atoms with E-state index in [1.165, 1.54) is 17.5 Å². The molecule has 2 aromatic rings. The van der Waals surface area contributed by atoms with E-state index in [2.05, 4.69) is 34.9 Å². The number of carboxylic acid groups (broad SMARTS) is 1. The molecule has 0 aromatic heterocycles. The molecule has 186 valence electrons. The Morgan fingerprint density at radius 3 is 2.20 bits per heavy atom. The minimum absolute atomic E-state index is 0.00366. The van der Waals surface area contributed by atoms with Gasteiger partial charge in [0.2, 0.25) is 5.91 Å². The molecule has 0 saturated heterocycles. The number of nitrogens with one attached hydrogen (secondary N) is 2. The maximum absolute atomic E-state index is 12.3. The lowest BCUT2D eigenvalue weighted by Crippen LogP contribution is -2.42. The maximum atomic E-state index is 12.3. The third-order valence-corrected chi connectivity index (χ3v) is 7.12. The third kappa shape index (κ3) is 6.41. The minimum atomic E-state index is -0.985. The van der Waals surface area contributed by atoms with Gasteiger partial charge in [-0.05, 0) is 41.0 Å². The first-order chi connectivity index (χ1) is 17.0. The Labute approximate surface area is 206 Å². The predicted octanol–water partition coefficient (Wildman–Crippen LogP) is 4.85. The van der Waals surface area contributed by atoms with Gasteiger partial charge in [-0.3, -0.25) is 4.79 Å². The van der Waals surface area contributed by atoms with Crippen molar-refractivity contribution in [1.82, 2.24) is 10.6 Å². The first-order valence-corrected chi connectivity index (χ1v) is 12.6. The van der Waals surface area contributed by atoms with Gasteiger partial charge in [-0.1, -0.05) is 80.6 Å². The first-order valence-electron chi connectivity index (χ1n) is 12.6. The zero-order valence-corrected chi connectivity index (χ0v) is 20.0. The van der Waals surface area contributed by atoms with Crippen molar-refractivity contribution in [3.05, 3.63) is 59.7 Å². The number of ether oxygens (including phenoxy) is 1. The van der Waals surface area contributed by atoms with E-state index in [9.17, 15) is 19.5 Å². The summed E-state index contributed by atoms with van der Waals surface area (Å²) in [6.07, 6.45) is 6.06. The van der Waals surface area contributed by atoms with Gasteiger partial charge < -0.3 is 20.5 Å². The van der Waals surface area contributed by atoms with Gasteiger partial charge in [0, 0.05) is 18.9 Å². The van der Waals surface area contributed by atoms with Crippen molar-refractivity contribution in [3.8, 4) is 11.1 Å². The predicted molar refractivity (Wildman–Crippen MR) is 133 cm³/mol. The Morgan fingerprint density at radius 1 is 0.943 bits per heavy atom. The fourth-order valence-electron chi connectivity index (χ4n) is 5.33. The van der Waals surface area contributed by atoms with E-state index < -0.39 is 18.1 Å². The van der Waals surface area contributed by atoms with Gasteiger partial charge in [0.25, 0.3) is 0 Å². The van der Waals surface area contributed by atoms with Crippen molar-refractivity contribution >= 4 is 18.0 Å². The Hall–Kier alpha value is -3.35. The molecule has 4 rings (SSSR count). The topological polar surface area (TPSA) is 105 Å². The molecule has 1 fully saturated rings. The van der Waals surface area contributed by atoms with Gasteiger partial charge in [0.05, 0.1) is 0 Å². The molecule has 0 spiro atoms. The van der Waals surface area contributed by atoms with Gasteiger partial charge >= 0.3 is 12.1 Å². The smallest absolute Gasteiger partial charge is 0.407 e. The number of hydrogen-bond acceptors (Lipinski definition) is 4. The fourth-order valence-corrected chi connectivity index (χ4v) is 5.33. The number of fused-ring (bicyclic) bond motifs is 3. The number of carbonyl (C=O) groups is 3. The summed E-state index contributed by atoms with van der Waals surface area (Å²) in [5.41, 5.74) is 4.65. The molecule has 2 amide bonds. The lowest BCUT2D eigenvalue weighted by Gasteiger charge is -2.25. The average Bonchev–Trinajstić information content (AvgIpc) is 3.19. The normalized spacial score (nSPS) is 16.1. The summed E-state index contributed by atoms with van der Waals surface area (Å²) in [6, 6.07) is 15.5. The molecular formula is C28H34N2O5. The highest BCUT2D eigenvalue weighted by Gasteiger charge is 2.29. The molecule has 7 heteroatoms. The fraction of sp³-hybridized carbons (Fsp3) is 0.464. The number of alkyl carbamates (subject to hydrolysis) is 1. The van der Waals surface area contributed by atoms with Crippen LogP contribution in [0.25, 0.3) is 11.1 Å². The summed E-state index contributed by atoms with van der Waals surface area (Å²) in [5, 5.41) is 14.8. The highest BCUT2D eigenvalue weighted by atomic mass is 16.5. The molecule has 35 heavy (non-hydrogen) atoms. The van der Waals surface area contributed by atoms with Gasteiger partial charge in [-0.25, -0.2) is 9.59 Å². The Morgan fingerprint density at radius 2 is 1.57 bits per heavy atom. The third-order valence-electron chi connectivity index (χ3n) is 7.12. The van der Waals surface area contributed by atoms with Crippen LogP contribution in [0.3, 0.4) is 0 Å². The van der Waals surface area contributed by atoms with Crippen LogP contribution in [0, 0.1) is 5.92 Å². The van der Waals surface area contributed by atoms with Crippen LogP contribution in [-0.2, 0) is 14.3 Å². The van der Waals surface area contributed by atoms with Crippen LogP contribution in [0.1, 0.15) is 68.4 Å². The number of rotatable bonds is 10. The van der Waals surface area contributed by atoms with E-state index in [0.717, 1.165) is 36.8 Å². The van der Waals surface area contributed by atoms with Gasteiger partial charge in [-0.15, -0.1) is 0 Å². The molecule has 2 aliphatic carbocycles. The molecule has 0 radical (unpaired) electrons. The van der Waals surface area contributed by atoms with Gasteiger partial charge in [-0.2, -0.15) is 0 Å². The number of carbonyl (C=O) groups excluding carboxylic acids is 2. The Bertz CT molecular complexity index is 1000. The molecule has 1 atom stereocenters. The van der Waals surface area contributed by atoms with Crippen LogP contribution in [0.2, 0.25) is 0 Å². The average molecular weight is 479 g/mol. The number of hydrogen-bond donors (Lipinski definition) is 3. The SMILES string of the molecule is O=C(CCCNC(=O)OCC1c2ccccc2-c2ccccc21)NC(CC1CCCCC1)C(=O)O. The van der Waals surface area contributed by atoms with Crippen molar-refractivity contribution in [2.45, 2.75) is 63.3 Å². The second-order valence-electron chi connectivity index (χ2n) is 9.55. The summed E-state index contributed by atoms with van der Waals surface area (Å²) >= 11 is 0. The summed E-state index contributed by atoms with van der Waals surface area (Å²) < 4.78 is 5.50. The van der Waals surface area contributed by atoms with Crippen LogP contribution in [0.4, 0.5) is 4.79 Å². The molecule has 0 bridgehead atoms. The maximum Gasteiger partial charge on any atom is 0.407 e. The zero-order valence-electron chi connectivity index (χ0n) is 20.0. The summed E-state index contributed by atoms with van der Waals surface area (Å²) in [6.45, 7) is 0.520. The van der Waals surface area contributed by atoms with Crippen molar-refractivity contribution in [2.24, 2.45) is 5.92 Å². The van der Waals surface area contributed by atoms with E-state index >= 15 is 0 Å². The number of aliphatic carboxylic acids is 1. The van der Waals surface area contributed by atoms with Crippen LogP contribution < -0.4 is 10.6 Å². The number of amides is 2. The summed E-state index contributed by atoms with van der Waals surface area (Å²) in [7, 11) is 0. The van der Waals surface area contributed by atoms with E-state index in [1.54, 1.807) is 0 Å². The van der Waals surface area contributed by atoms with Crippen molar-refractivity contribution in [3.63, 3.8) is 0 Å². The molecular weight excluding hydrogens is 444 g/mol. The number of carboxylic acids is 1. The molecule has 1 saturated carbocycles. The lowest BCUT2D eigenvalue weighted by atomic mass is 9.85. The van der Waals surface area contributed by atoms with Crippen molar-refractivity contribution < 1.29 is 24.2 Å². The molecule has 2 aliphatic rings. The standard InChI is InChI=1S/C28H34N2O5/c31-26(30-25(27(32)33)17-19-9-2-1-3-10-19)15-8-16-29-28(34)35-18-24-22-13-6-4-11-20(22)21-12-5-7-14-23(21)24/h4-7,11-14,19,24-25H,1-3,8-10,15-18H2,(H,29,34)(H,30,31)(H,32,33). The van der Waals surface area contributed by atoms with Crippen LogP contribution in [0.15, 0.2) is 48.5 Å². The van der Waals surface area contributed by atoms with Crippen LogP contribution in [0.5, 0.6) is 0 Å². The van der Waals surface area contributed by atoms with Crippen molar-refractivity contribution in [1.29, 1.82) is 0 Å². The largest absolute Gasteiger partial charge is 0.480 e. The molecule has 1 unspecified atom stereocenters. The second-order valence-corrected chi connectivity index (χ2v) is 9.55. The zero-order chi connectivity index (χ0) is 24.6. The van der Waals surface area contributed by atoms with Gasteiger partial charge in [0.1, 0.15) is 12.6 Å². The quantitative estimate of drug-likeness (QED) is 0.424. The second kappa shape index (κ2) is 11.9. The number of benzene rings is 2. The molecule has 0 heterocycles. The molecule has 2 aromatic carbocycles. The van der Waals surface area contributed by atoms with E-state index in [0.29, 0.717) is 18.8 Å². The first kappa shape index (κ1) is 24.8. The van der Waals surface area contributed by atoms with E-state index in [4.69, 9.17) is 4.74 Å². The molecule has 3 N–H and O–H groups in total. The molecule has 0 aliphatic heterocycles. The van der Waals surface area contributed by atoms with Crippen LogP contribution in [-0.4, -0.2) is 42.3 Å². The summed E-state index contributed by atoms with van der Waals surface area (Å²) in [4.78, 5) is 36.1. The Balaban J connectivity index is 1.17. The Kier molecular flexibility index (Phi) is 8.40. The highest BCUT2D eigenvalue weighted by Crippen LogP contribution is 2.44. The van der Waals surface area contributed by atoms with Crippen molar-refractivity contribution in [2.75, 3.05) is 13.2 Å². The van der Waals surface area contributed by atoms with Crippen LogP contribution >= 0.6 is 0 Å². The highest BCUT2D eigenvalue weighted by molar-refractivity contribution is 5.83. The summed E-state index contributed by atoms with van der Waals surface area (Å²) in [5.74, 6) is -0.931. The molecule has 7 nitrogen and oxygen atoms in total. The lowest BCUT2D eigenvalue weighted by molar-refractivity contribution is -0.142. The monoisotopic (exact) mass is 478 g/mol. The van der Waals surface area contributed by atoms with Gasteiger partial charge in [0.15, 0.2) is 0 Å². The van der Waals surface area contributed by atoms with E-state index in [-0.39, 0.29) is 31.4 Å². The van der Waals surface area contributed by atoms with E-state index in [1.807, 2.05) is 24.3 Å². The minimum Gasteiger partial charge on any atom is -0.480 e.